The first-order valence-corrected chi connectivity index (χ1v) is 4.93. The van der Waals surface area contributed by atoms with Crippen molar-refractivity contribution in [3.05, 3.63) is 48.2 Å². The maximum Gasteiger partial charge on any atom is 0.342 e. The van der Waals surface area contributed by atoms with Crippen LogP contribution in [0.4, 0.5) is 0 Å². The lowest BCUT2D eigenvalue weighted by molar-refractivity contribution is 0.0660. The highest BCUT2D eigenvalue weighted by molar-refractivity contribution is 5.89. The van der Waals surface area contributed by atoms with E-state index in [0.29, 0.717) is 5.56 Å². The lowest BCUT2D eigenvalue weighted by atomic mass is 9.97. The van der Waals surface area contributed by atoms with Gasteiger partial charge in [-0.05, 0) is 23.6 Å². The number of hydrogen-bond acceptors (Lipinski definition) is 2. The summed E-state index contributed by atoms with van der Waals surface area (Å²) in [4.78, 5) is 11.5. The molecule has 0 aliphatic heterocycles. The molecule has 0 unspecified atom stereocenters. The van der Waals surface area contributed by atoms with Gasteiger partial charge >= 0.3 is 5.97 Å². The van der Waals surface area contributed by atoms with Gasteiger partial charge in [0.15, 0.2) is 0 Å². The first-order valence-electron chi connectivity index (χ1n) is 4.93. The summed E-state index contributed by atoms with van der Waals surface area (Å²) in [6, 6.07) is 8.94. The summed E-state index contributed by atoms with van der Waals surface area (Å²) in [6.45, 7) is 6.12. The molecule has 15 heavy (non-hydrogen) atoms. The molecule has 0 aliphatic carbocycles. The SMILES string of the molecule is CC(C)(C)/C=C\OC(=O)c1ccccc1. The summed E-state index contributed by atoms with van der Waals surface area (Å²) in [6.07, 6.45) is 3.31. The topological polar surface area (TPSA) is 26.3 Å². The quantitative estimate of drug-likeness (QED) is 0.545. The highest BCUT2D eigenvalue weighted by Gasteiger charge is 2.06. The summed E-state index contributed by atoms with van der Waals surface area (Å²) >= 11 is 0. The first-order chi connectivity index (χ1) is 6.99. The Kier molecular flexibility index (Phi) is 3.67. The van der Waals surface area contributed by atoms with E-state index in [2.05, 4.69) is 0 Å². The van der Waals surface area contributed by atoms with Crippen LogP contribution >= 0.6 is 0 Å². The maximum atomic E-state index is 11.5. The van der Waals surface area contributed by atoms with Gasteiger partial charge in [0.25, 0.3) is 0 Å². The number of hydrogen-bond donors (Lipinski definition) is 0. The van der Waals surface area contributed by atoms with Crippen LogP contribution in [0, 0.1) is 5.41 Å². The van der Waals surface area contributed by atoms with Crippen LogP contribution in [0.25, 0.3) is 0 Å². The molecule has 0 atom stereocenters. The number of ether oxygens (including phenoxy) is 1. The van der Waals surface area contributed by atoms with Gasteiger partial charge in [-0.15, -0.1) is 0 Å². The van der Waals surface area contributed by atoms with Gasteiger partial charge < -0.3 is 4.74 Å². The Bertz CT molecular complexity index is 345. The van der Waals surface area contributed by atoms with E-state index in [4.69, 9.17) is 4.74 Å². The third-order valence-electron chi connectivity index (χ3n) is 1.75. The number of carbonyl (C=O) groups is 1. The van der Waals surface area contributed by atoms with Gasteiger partial charge in [-0.2, -0.15) is 0 Å². The molecule has 0 saturated carbocycles. The van der Waals surface area contributed by atoms with Crippen LogP contribution in [-0.4, -0.2) is 5.97 Å². The van der Waals surface area contributed by atoms with E-state index in [0.717, 1.165) is 0 Å². The largest absolute Gasteiger partial charge is 0.431 e. The van der Waals surface area contributed by atoms with Crippen molar-refractivity contribution in [1.82, 2.24) is 0 Å². The molecule has 1 rings (SSSR count). The van der Waals surface area contributed by atoms with E-state index >= 15 is 0 Å². The van der Waals surface area contributed by atoms with Crippen LogP contribution in [0.5, 0.6) is 0 Å². The molecular weight excluding hydrogens is 188 g/mol. The molecule has 0 amide bonds. The van der Waals surface area contributed by atoms with Crippen LogP contribution in [0.2, 0.25) is 0 Å². The second-order valence-electron chi connectivity index (χ2n) is 4.44. The lowest BCUT2D eigenvalue weighted by Gasteiger charge is -2.10. The molecule has 0 fully saturated rings. The van der Waals surface area contributed by atoms with Crippen molar-refractivity contribution >= 4 is 5.97 Å². The van der Waals surface area contributed by atoms with Crippen LogP contribution < -0.4 is 0 Å². The second-order valence-corrected chi connectivity index (χ2v) is 4.44. The van der Waals surface area contributed by atoms with Gasteiger partial charge in [0.05, 0.1) is 11.8 Å². The maximum absolute atomic E-state index is 11.5. The Morgan fingerprint density at radius 2 is 1.80 bits per heavy atom. The molecule has 0 heterocycles. The van der Waals surface area contributed by atoms with Crippen molar-refractivity contribution in [2.24, 2.45) is 5.41 Å². The highest BCUT2D eigenvalue weighted by Crippen LogP contribution is 2.14. The molecule has 0 bridgehead atoms. The zero-order valence-electron chi connectivity index (χ0n) is 9.36. The Morgan fingerprint density at radius 3 is 2.33 bits per heavy atom. The third kappa shape index (κ3) is 4.45. The molecule has 1 aromatic carbocycles. The van der Waals surface area contributed by atoms with E-state index in [1.807, 2.05) is 45.0 Å². The van der Waals surface area contributed by atoms with Gasteiger partial charge in [0.2, 0.25) is 0 Å². The van der Waals surface area contributed by atoms with Crippen molar-refractivity contribution in [2.75, 3.05) is 0 Å². The van der Waals surface area contributed by atoms with Gasteiger partial charge in [0, 0.05) is 0 Å². The summed E-state index contributed by atoms with van der Waals surface area (Å²) in [5.74, 6) is -0.323. The van der Waals surface area contributed by atoms with Crippen LogP contribution in [0.15, 0.2) is 42.7 Å². The van der Waals surface area contributed by atoms with Gasteiger partial charge in [-0.1, -0.05) is 39.0 Å². The van der Waals surface area contributed by atoms with E-state index in [-0.39, 0.29) is 11.4 Å². The molecule has 1 aromatic rings. The number of rotatable bonds is 2. The molecule has 0 aliphatic rings. The molecule has 80 valence electrons. The standard InChI is InChI=1S/C13H16O2/c1-13(2,3)9-10-15-12(14)11-7-5-4-6-8-11/h4-10H,1-3H3/b10-9-. The predicted octanol–water partition coefficient (Wildman–Crippen LogP) is 3.40. The second kappa shape index (κ2) is 4.78. The molecule has 0 spiro atoms. The van der Waals surface area contributed by atoms with Gasteiger partial charge in [-0.3, -0.25) is 0 Å². The molecule has 0 N–H and O–H groups in total. The number of carbonyl (C=O) groups excluding carboxylic acids is 1. The lowest BCUT2D eigenvalue weighted by Crippen LogP contribution is -2.03. The fraction of sp³-hybridized carbons (Fsp3) is 0.308. The molecular formula is C13H16O2. The fourth-order valence-electron chi connectivity index (χ4n) is 0.942. The Morgan fingerprint density at radius 1 is 1.20 bits per heavy atom. The smallest absolute Gasteiger partial charge is 0.342 e. The minimum absolute atomic E-state index is 0.0248. The predicted molar refractivity (Wildman–Crippen MR) is 60.5 cm³/mol. The van der Waals surface area contributed by atoms with E-state index < -0.39 is 0 Å². The van der Waals surface area contributed by atoms with E-state index in [9.17, 15) is 4.79 Å². The number of allylic oxidation sites excluding steroid dienone is 1. The summed E-state index contributed by atoms with van der Waals surface area (Å²) in [5.41, 5.74) is 0.591. The summed E-state index contributed by atoms with van der Waals surface area (Å²) < 4.78 is 4.98. The van der Waals surface area contributed by atoms with Gasteiger partial charge in [0.1, 0.15) is 0 Å². The highest BCUT2D eigenvalue weighted by atomic mass is 16.5. The summed E-state index contributed by atoms with van der Waals surface area (Å²) in [5, 5.41) is 0. The first kappa shape index (κ1) is 11.5. The average Bonchev–Trinajstić information content (AvgIpc) is 2.17. The third-order valence-corrected chi connectivity index (χ3v) is 1.75. The van der Waals surface area contributed by atoms with Crippen molar-refractivity contribution in [1.29, 1.82) is 0 Å². The number of esters is 1. The summed E-state index contributed by atoms with van der Waals surface area (Å²) in [7, 11) is 0. The normalized spacial score (nSPS) is 11.7. The van der Waals surface area contributed by atoms with Crippen LogP contribution in [0.1, 0.15) is 31.1 Å². The van der Waals surface area contributed by atoms with Gasteiger partial charge in [-0.25, -0.2) is 4.79 Å². The minimum Gasteiger partial charge on any atom is -0.431 e. The minimum atomic E-state index is -0.323. The zero-order valence-corrected chi connectivity index (χ0v) is 9.36. The average molecular weight is 204 g/mol. The molecule has 0 radical (unpaired) electrons. The molecule has 2 nitrogen and oxygen atoms in total. The van der Waals surface area contributed by atoms with Crippen molar-refractivity contribution in [2.45, 2.75) is 20.8 Å². The van der Waals surface area contributed by atoms with Crippen molar-refractivity contribution < 1.29 is 9.53 Å². The number of benzene rings is 1. The van der Waals surface area contributed by atoms with Crippen LogP contribution in [0.3, 0.4) is 0 Å². The molecule has 2 heteroatoms. The Hall–Kier alpha value is -1.57. The van der Waals surface area contributed by atoms with Crippen molar-refractivity contribution in [3.63, 3.8) is 0 Å². The monoisotopic (exact) mass is 204 g/mol. The van der Waals surface area contributed by atoms with Crippen molar-refractivity contribution in [3.8, 4) is 0 Å². The Balaban J connectivity index is 2.55. The molecule has 0 saturated heterocycles. The van der Waals surface area contributed by atoms with E-state index in [1.54, 1.807) is 12.1 Å². The Labute approximate surface area is 90.6 Å². The van der Waals surface area contributed by atoms with E-state index in [1.165, 1.54) is 6.26 Å². The van der Waals surface area contributed by atoms with Crippen LogP contribution in [-0.2, 0) is 4.74 Å². The molecule has 0 aromatic heterocycles. The fourth-order valence-corrected chi connectivity index (χ4v) is 0.942. The zero-order chi connectivity index (χ0) is 11.3.